The fraction of sp³-hybridized carbons (Fsp3) is 0.429. The molecule has 3 rings (SSSR count). The topological polar surface area (TPSA) is 56.3 Å². The summed E-state index contributed by atoms with van der Waals surface area (Å²) in [4.78, 5) is 0. The standard InChI is InChI=1S/C14H17N3O2S/c1-18-11-5-9(6-12(7-11)19-2)14-17-16-13(20-14)8-15-10-3-4-10/h5-7,10,15H,3-4,8H2,1-2H3. The van der Waals surface area contributed by atoms with Gasteiger partial charge in [-0.05, 0) is 25.0 Å². The van der Waals surface area contributed by atoms with Crippen LogP contribution in [0.1, 0.15) is 17.8 Å². The van der Waals surface area contributed by atoms with Crippen LogP contribution < -0.4 is 14.8 Å². The minimum absolute atomic E-state index is 0.680. The van der Waals surface area contributed by atoms with Gasteiger partial charge in [-0.2, -0.15) is 0 Å². The van der Waals surface area contributed by atoms with Crippen LogP contribution in [-0.4, -0.2) is 30.5 Å². The molecule has 6 heteroatoms. The van der Waals surface area contributed by atoms with Gasteiger partial charge in [0, 0.05) is 24.2 Å². The molecule has 0 radical (unpaired) electrons. The quantitative estimate of drug-likeness (QED) is 0.886. The third-order valence-electron chi connectivity index (χ3n) is 3.18. The fourth-order valence-electron chi connectivity index (χ4n) is 1.89. The normalized spacial score (nSPS) is 14.3. The first-order valence-corrected chi connectivity index (χ1v) is 7.39. The van der Waals surface area contributed by atoms with E-state index in [1.165, 1.54) is 12.8 Å². The average molecular weight is 291 g/mol. The molecular weight excluding hydrogens is 274 g/mol. The van der Waals surface area contributed by atoms with E-state index in [9.17, 15) is 0 Å². The summed E-state index contributed by atoms with van der Waals surface area (Å²) >= 11 is 1.60. The Morgan fingerprint density at radius 1 is 1.15 bits per heavy atom. The number of methoxy groups -OCH3 is 2. The number of aromatic nitrogens is 2. The molecule has 1 aliphatic rings. The van der Waals surface area contributed by atoms with Gasteiger partial charge >= 0.3 is 0 Å². The SMILES string of the molecule is COc1cc(OC)cc(-c2nnc(CNC3CC3)s2)c1. The summed E-state index contributed by atoms with van der Waals surface area (Å²) in [5, 5.41) is 13.8. The molecule has 2 aromatic rings. The van der Waals surface area contributed by atoms with Crippen LogP contribution in [0.4, 0.5) is 0 Å². The lowest BCUT2D eigenvalue weighted by molar-refractivity contribution is 0.394. The molecule has 0 amide bonds. The van der Waals surface area contributed by atoms with Crippen molar-refractivity contribution in [1.82, 2.24) is 15.5 Å². The van der Waals surface area contributed by atoms with Gasteiger partial charge in [0.05, 0.1) is 14.2 Å². The number of hydrogen-bond donors (Lipinski definition) is 1. The number of nitrogens with zero attached hydrogens (tertiary/aromatic N) is 2. The third kappa shape index (κ3) is 3.08. The Morgan fingerprint density at radius 2 is 1.85 bits per heavy atom. The lowest BCUT2D eigenvalue weighted by Gasteiger charge is -2.06. The monoisotopic (exact) mass is 291 g/mol. The highest BCUT2D eigenvalue weighted by Gasteiger charge is 2.20. The van der Waals surface area contributed by atoms with Gasteiger partial charge in [0.25, 0.3) is 0 Å². The van der Waals surface area contributed by atoms with Crippen LogP contribution in [0.3, 0.4) is 0 Å². The van der Waals surface area contributed by atoms with Crippen LogP contribution in [0.5, 0.6) is 11.5 Å². The Labute approximate surface area is 121 Å². The zero-order chi connectivity index (χ0) is 13.9. The highest BCUT2D eigenvalue weighted by molar-refractivity contribution is 7.14. The van der Waals surface area contributed by atoms with Crippen molar-refractivity contribution in [2.45, 2.75) is 25.4 Å². The van der Waals surface area contributed by atoms with Crippen LogP contribution in [0.25, 0.3) is 10.6 Å². The van der Waals surface area contributed by atoms with Gasteiger partial charge in [-0.3, -0.25) is 0 Å². The van der Waals surface area contributed by atoms with Crippen LogP contribution in [0.2, 0.25) is 0 Å². The molecule has 1 aromatic heterocycles. The van der Waals surface area contributed by atoms with Crippen molar-refractivity contribution < 1.29 is 9.47 Å². The number of ether oxygens (including phenoxy) is 2. The predicted octanol–water partition coefficient (Wildman–Crippen LogP) is 2.47. The molecule has 1 aromatic carbocycles. The molecule has 1 heterocycles. The molecule has 0 atom stereocenters. The molecule has 1 fully saturated rings. The van der Waals surface area contributed by atoms with Crippen molar-refractivity contribution >= 4 is 11.3 Å². The Morgan fingerprint density at radius 3 is 2.45 bits per heavy atom. The lowest BCUT2D eigenvalue weighted by atomic mass is 10.2. The van der Waals surface area contributed by atoms with E-state index in [2.05, 4.69) is 15.5 Å². The zero-order valence-electron chi connectivity index (χ0n) is 11.5. The molecule has 0 aliphatic heterocycles. The second-order valence-corrected chi connectivity index (χ2v) is 5.82. The molecule has 1 aliphatic carbocycles. The van der Waals surface area contributed by atoms with E-state index in [0.717, 1.165) is 33.6 Å². The molecule has 0 unspecified atom stereocenters. The highest BCUT2D eigenvalue weighted by atomic mass is 32.1. The van der Waals surface area contributed by atoms with Crippen molar-refractivity contribution in [1.29, 1.82) is 0 Å². The van der Waals surface area contributed by atoms with Gasteiger partial charge in [0.2, 0.25) is 0 Å². The molecule has 0 bridgehead atoms. The second-order valence-electron chi connectivity index (χ2n) is 4.76. The van der Waals surface area contributed by atoms with E-state index in [-0.39, 0.29) is 0 Å². The maximum atomic E-state index is 5.28. The summed E-state index contributed by atoms with van der Waals surface area (Å²) in [6.07, 6.45) is 2.55. The number of rotatable bonds is 6. The van der Waals surface area contributed by atoms with Crippen molar-refractivity contribution in [3.05, 3.63) is 23.2 Å². The van der Waals surface area contributed by atoms with E-state index in [1.807, 2.05) is 18.2 Å². The van der Waals surface area contributed by atoms with Gasteiger partial charge < -0.3 is 14.8 Å². The zero-order valence-corrected chi connectivity index (χ0v) is 12.4. The predicted molar refractivity (Wildman–Crippen MR) is 78.3 cm³/mol. The minimum Gasteiger partial charge on any atom is -0.497 e. The lowest BCUT2D eigenvalue weighted by Crippen LogP contribution is -2.14. The fourth-order valence-corrected chi connectivity index (χ4v) is 2.67. The number of benzene rings is 1. The molecular formula is C14H17N3O2S. The third-order valence-corrected chi connectivity index (χ3v) is 4.16. The highest BCUT2D eigenvalue weighted by Crippen LogP contribution is 2.31. The molecule has 0 saturated heterocycles. The maximum Gasteiger partial charge on any atom is 0.148 e. The molecule has 0 spiro atoms. The summed E-state index contributed by atoms with van der Waals surface area (Å²) in [6.45, 7) is 0.795. The molecule has 1 saturated carbocycles. The molecule has 20 heavy (non-hydrogen) atoms. The largest absolute Gasteiger partial charge is 0.497 e. The Bertz CT molecular complexity index is 574. The average Bonchev–Trinajstić information content (AvgIpc) is 3.20. The van der Waals surface area contributed by atoms with Gasteiger partial charge in [-0.15, -0.1) is 10.2 Å². The number of nitrogens with one attached hydrogen (secondary N) is 1. The van der Waals surface area contributed by atoms with Crippen molar-refractivity contribution in [2.24, 2.45) is 0 Å². The first-order valence-electron chi connectivity index (χ1n) is 6.57. The van der Waals surface area contributed by atoms with Crippen LogP contribution in [0, 0.1) is 0 Å². The van der Waals surface area contributed by atoms with Crippen molar-refractivity contribution in [3.8, 4) is 22.1 Å². The van der Waals surface area contributed by atoms with Crippen molar-refractivity contribution in [3.63, 3.8) is 0 Å². The Hall–Kier alpha value is -1.66. The Kier molecular flexibility index (Phi) is 3.84. The smallest absolute Gasteiger partial charge is 0.148 e. The molecule has 106 valence electrons. The number of hydrogen-bond acceptors (Lipinski definition) is 6. The first-order chi connectivity index (χ1) is 9.78. The summed E-state index contributed by atoms with van der Waals surface area (Å²) in [7, 11) is 3.28. The summed E-state index contributed by atoms with van der Waals surface area (Å²) in [5.41, 5.74) is 0.969. The van der Waals surface area contributed by atoms with E-state index < -0.39 is 0 Å². The Balaban J connectivity index is 1.80. The molecule has 5 nitrogen and oxygen atoms in total. The summed E-state index contributed by atoms with van der Waals surface area (Å²) in [6, 6.07) is 6.42. The van der Waals surface area contributed by atoms with E-state index >= 15 is 0 Å². The summed E-state index contributed by atoms with van der Waals surface area (Å²) < 4.78 is 10.6. The summed E-state index contributed by atoms with van der Waals surface area (Å²) in [5.74, 6) is 1.51. The van der Waals surface area contributed by atoms with E-state index in [1.54, 1.807) is 25.6 Å². The second kappa shape index (κ2) is 5.76. The van der Waals surface area contributed by atoms with E-state index in [4.69, 9.17) is 9.47 Å². The van der Waals surface area contributed by atoms with Crippen LogP contribution in [-0.2, 0) is 6.54 Å². The van der Waals surface area contributed by atoms with Gasteiger partial charge in [0.1, 0.15) is 21.5 Å². The van der Waals surface area contributed by atoms with Crippen molar-refractivity contribution in [2.75, 3.05) is 14.2 Å². The van der Waals surface area contributed by atoms with Gasteiger partial charge in [0.15, 0.2) is 0 Å². The first kappa shape index (κ1) is 13.3. The van der Waals surface area contributed by atoms with Crippen LogP contribution >= 0.6 is 11.3 Å². The van der Waals surface area contributed by atoms with Crippen LogP contribution in [0.15, 0.2) is 18.2 Å². The maximum absolute atomic E-state index is 5.28. The van der Waals surface area contributed by atoms with Gasteiger partial charge in [-0.25, -0.2) is 0 Å². The molecule has 1 N–H and O–H groups in total. The van der Waals surface area contributed by atoms with Gasteiger partial charge in [-0.1, -0.05) is 11.3 Å². The minimum atomic E-state index is 0.680. The van der Waals surface area contributed by atoms with E-state index in [0.29, 0.717) is 6.04 Å².